The van der Waals surface area contributed by atoms with Crippen LogP contribution in [0.4, 0.5) is 0 Å². The van der Waals surface area contributed by atoms with Crippen molar-refractivity contribution in [3.8, 4) is 0 Å². The largest absolute Gasteiger partial charge is 0.0625 e. The van der Waals surface area contributed by atoms with Gasteiger partial charge in [-0.1, -0.05) is 39.0 Å². The van der Waals surface area contributed by atoms with Crippen LogP contribution in [-0.2, 0) is 0 Å². The molecule has 1 aliphatic carbocycles. The smallest absolute Gasteiger partial charge is 0.0269 e. The lowest BCUT2D eigenvalue weighted by Crippen LogP contribution is -1.99. The first-order valence-corrected chi connectivity index (χ1v) is 3.04. The molecule has 1 aliphatic rings. The monoisotopic (exact) mass is 100 g/mol. The molecule has 0 spiro atoms. The number of hydrogen-bond donors (Lipinski definition) is 0. The van der Waals surface area contributed by atoms with E-state index in [4.69, 9.17) is 2.74 Å². The van der Waals surface area contributed by atoms with E-state index >= 15 is 0 Å². The van der Waals surface area contributed by atoms with Crippen molar-refractivity contribution in [3.05, 3.63) is 0 Å². The Kier molecular flexibility index (Phi) is 1.04. The van der Waals surface area contributed by atoms with E-state index in [1.165, 1.54) is 0 Å². The Morgan fingerprint density at radius 3 is 3.00 bits per heavy atom. The van der Waals surface area contributed by atoms with Crippen molar-refractivity contribution in [1.29, 1.82) is 0 Å². The van der Waals surface area contributed by atoms with Gasteiger partial charge in [0.2, 0.25) is 0 Å². The quantitative estimate of drug-likeness (QED) is 0.439. The van der Waals surface area contributed by atoms with Gasteiger partial charge in [-0.25, -0.2) is 0 Å². The summed E-state index contributed by atoms with van der Waals surface area (Å²) in [5.41, 5.74) is 0. The second kappa shape index (κ2) is 2.34. The van der Waals surface area contributed by atoms with Gasteiger partial charge in [0.1, 0.15) is 0 Å². The van der Waals surface area contributed by atoms with Gasteiger partial charge in [0.25, 0.3) is 0 Å². The van der Waals surface area contributed by atoms with Gasteiger partial charge in [-0.15, -0.1) is 0 Å². The summed E-state index contributed by atoms with van der Waals surface area (Å²) in [6.07, 6.45) is 2.99. The topological polar surface area (TPSA) is 0 Å². The standard InChI is InChI=1S/C7H14/c1-7-5-3-2-4-6-7/h7H,2-6H2,1H3/i2D,5D. The van der Waals surface area contributed by atoms with Gasteiger partial charge >= 0.3 is 0 Å². The van der Waals surface area contributed by atoms with Crippen molar-refractivity contribution in [3.63, 3.8) is 0 Å². The Balaban J connectivity index is 2.35. The lowest BCUT2D eigenvalue weighted by Gasteiger charge is -2.15. The molecule has 0 aromatic rings. The van der Waals surface area contributed by atoms with Gasteiger partial charge in [0.05, 0.1) is 0 Å². The van der Waals surface area contributed by atoms with Gasteiger partial charge < -0.3 is 0 Å². The zero-order chi connectivity index (χ0) is 6.85. The molecule has 1 fully saturated rings. The Morgan fingerprint density at radius 1 is 1.57 bits per heavy atom. The minimum absolute atomic E-state index is 0.0428. The molecule has 0 radical (unpaired) electrons. The van der Waals surface area contributed by atoms with Crippen molar-refractivity contribution in [1.82, 2.24) is 0 Å². The average Bonchev–Trinajstić information content (AvgIpc) is 1.80. The predicted octanol–water partition coefficient (Wildman–Crippen LogP) is 2.59. The normalized spacial score (nSPS) is 58.1. The summed E-state index contributed by atoms with van der Waals surface area (Å²) in [5.74, 6) is 0.534. The highest BCUT2D eigenvalue weighted by atomic mass is 14.1. The van der Waals surface area contributed by atoms with Crippen molar-refractivity contribution in [2.45, 2.75) is 39.0 Å². The molecule has 0 N–H and O–H groups in total. The molecular weight excluding hydrogens is 84.1 g/mol. The van der Waals surface area contributed by atoms with E-state index in [-0.39, 0.29) is 12.8 Å². The summed E-state index contributed by atoms with van der Waals surface area (Å²) in [5, 5.41) is 0. The zero-order valence-electron chi connectivity index (χ0n) is 6.85. The fraction of sp³-hybridized carbons (Fsp3) is 1.00. The molecule has 0 amide bonds. The fourth-order valence-corrected chi connectivity index (χ4v) is 0.945. The van der Waals surface area contributed by atoms with Crippen LogP contribution in [0.3, 0.4) is 0 Å². The maximum atomic E-state index is 7.49. The Hall–Kier alpha value is 0. The third kappa shape index (κ3) is 1.50. The first-order valence-electron chi connectivity index (χ1n) is 4.20. The Bertz CT molecular complexity index is 92.9. The van der Waals surface area contributed by atoms with Gasteiger partial charge in [0.15, 0.2) is 0 Å². The van der Waals surface area contributed by atoms with E-state index in [0.29, 0.717) is 5.92 Å². The minimum atomic E-state index is 0.0428. The average molecular weight is 100 g/mol. The van der Waals surface area contributed by atoms with Gasteiger partial charge in [-0.2, -0.15) is 0 Å². The molecule has 0 bridgehead atoms. The molecular formula is C7H14. The molecule has 0 heteroatoms. The summed E-state index contributed by atoms with van der Waals surface area (Å²) in [4.78, 5) is 0. The SMILES string of the molecule is [2H]C1CCC(C)C([2H])C1. The molecule has 0 saturated heterocycles. The van der Waals surface area contributed by atoms with Crippen LogP contribution < -0.4 is 0 Å². The summed E-state index contributed by atoms with van der Waals surface area (Å²) >= 11 is 0. The highest BCUT2D eigenvalue weighted by Crippen LogP contribution is 2.21. The van der Waals surface area contributed by atoms with Crippen LogP contribution in [0.1, 0.15) is 41.7 Å². The van der Waals surface area contributed by atoms with E-state index in [0.717, 1.165) is 19.3 Å². The molecule has 1 saturated carbocycles. The first kappa shape index (κ1) is 3.11. The Labute approximate surface area is 48.7 Å². The fourth-order valence-electron chi connectivity index (χ4n) is 0.945. The maximum Gasteiger partial charge on any atom is 0.0269 e. The molecule has 3 atom stereocenters. The van der Waals surface area contributed by atoms with Crippen LogP contribution >= 0.6 is 0 Å². The van der Waals surface area contributed by atoms with Crippen LogP contribution in [0.15, 0.2) is 0 Å². The molecule has 0 nitrogen and oxygen atoms in total. The van der Waals surface area contributed by atoms with E-state index in [1.807, 2.05) is 0 Å². The summed E-state index contributed by atoms with van der Waals surface area (Å²) < 4.78 is 14.9. The summed E-state index contributed by atoms with van der Waals surface area (Å²) in [6, 6.07) is 0. The van der Waals surface area contributed by atoms with Crippen molar-refractivity contribution < 1.29 is 2.74 Å². The predicted molar refractivity (Wildman–Crippen MR) is 32.2 cm³/mol. The molecule has 0 heterocycles. The third-order valence-corrected chi connectivity index (χ3v) is 1.53. The van der Waals surface area contributed by atoms with E-state index < -0.39 is 0 Å². The number of rotatable bonds is 0. The maximum absolute atomic E-state index is 7.49. The van der Waals surface area contributed by atoms with Crippen molar-refractivity contribution in [2.75, 3.05) is 0 Å². The molecule has 0 aromatic heterocycles. The minimum Gasteiger partial charge on any atom is -0.0625 e. The molecule has 0 aliphatic heterocycles. The second-order valence-electron chi connectivity index (χ2n) is 2.31. The molecule has 0 aromatic carbocycles. The van der Waals surface area contributed by atoms with E-state index in [1.54, 1.807) is 0 Å². The van der Waals surface area contributed by atoms with Crippen LogP contribution in [0.2, 0.25) is 0 Å². The molecule has 3 unspecified atom stereocenters. The highest BCUT2D eigenvalue weighted by molar-refractivity contribution is 4.59. The molecule has 1 rings (SSSR count). The lowest BCUT2D eigenvalue weighted by molar-refractivity contribution is 0.385. The zero-order valence-corrected chi connectivity index (χ0v) is 4.85. The van der Waals surface area contributed by atoms with Gasteiger partial charge in [-0.05, 0) is 5.92 Å². The van der Waals surface area contributed by atoms with Gasteiger partial charge in [0, 0.05) is 2.74 Å². The van der Waals surface area contributed by atoms with Crippen LogP contribution in [0.25, 0.3) is 0 Å². The summed E-state index contributed by atoms with van der Waals surface area (Å²) in [6.45, 7) is 2.11. The number of hydrogen-bond acceptors (Lipinski definition) is 0. The Morgan fingerprint density at radius 2 is 2.43 bits per heavy atom. The van der Waals surface area contributed by atoms with E-state index in [9.17, 15) is 0 Å². The summed E-state index contributed by atoms with van der Waals surface area (Å²) in [7, 11) is 0. The van der Waals surface area contributed by atoms with E-state index in [2.05, 4.69) is 6.92 Å². The third-order valence-electron chi connectivity index (χ3n) is 1.53. The molecule has 42 valence electrons. The van der Waals surface area contributed by atoms with Crippen LogP contribution in [-0.4, -0.2) is 0 Å². The van der Waals surface area contributed by atoms with Gasteiger partial charge in [-0.3, -0.25) is 0 Å². The molecule has 7 heavy (non-hydrogen) atoms. The second-order valence-corrected chi connectivity index (χ2v) is 2.31. The highest BCUT2D eigenvalue weighted by Gasteiger charge is 2.05. The first-order chi connectivity index (χ1) is 4.20. The van der Waals surface area contributed by atoms with Crippen molar-refractivity contribution >= 4 is 0 Å². The van der Waals surface area contributed by atoms with Crippen LogP contribution in [0.5, 0.6) is 0 Å². The van der Waals surface area contributed by atoms with Crippen molar-refractivity contribution in [2.24, 2.45) is 5.92 Å². The van der Waals surface area contributed by atoms with Crippen LogP contribution in [0, 0.1) is 5.92 Å². The lowest BCUT2D eigenvalue weighted by atomic mass is 9.91.